The van der Waals surface area contributed by atoms with E-state index in [9.17, 15) is 4.39 Å². The minimum Gasteiger partial charge on any atom is -0.492 e. The molecule has 0 aliphatic heterocycles. The van der Waals surface area contributed by atoms with Gasteiger partial charge in [0.15, 0.2) is 11.5 Å². The molecular weight excluding hydrogens is 431 g/mol. The SMILES string of the molecule is Cc1c(CCOc2cc(F)ccc2-c2ccc3nnc(CN(C)C)n3c2)c(CC(C)C)nn1C. The van der Waals surface area contributed by atoms with E-state index >= 15 is 0 Å². The van der Waals surface area contributed by atoms with Crippen molar-refractivity contribution in [1.29, 1.82) is 0 Å². The lowest BCUT2D eigenvalue weighted by molar-refractivity contribution is 0.320. The van der Waals surface area contributed by atoms with Crippen LogP contribution in [0.4, 0.5) is 4.39 Å². The van der Waals surface area contributed by atoms with Gasteiger partial charge in [-0.3, -0.25) is 9.08 Å². The van der Waals surface area contributed by atoms with Crippen molar-refractivity contribution in [2.24, 2.45) is 13.0 Å². The Balaban J connectivity index is 1.59. The normalized spacial score (nSPS) is 11.8. The maximum atomic E-state index is 14.2. The number of rotatable bonds is 9. The van der Waals surface area contributed by atoms with E-state index in [1.807, 2.05) is 53.5 Å². The number of benzene rings is 1. The van der Waals surface area contributed by atoms with Crippen molar-refractivity contribution in [3.8, 4) is 16.9 Å². The quantitative estimate of drug-likeness (QED) is 0.366. The van der Waals surface area contributed by atoms with Crippen LogP contribution in [0, 0.1) is 18.7 Å². The Morgan fingerprint density at radius 1 is 1.12 bits per heavy atom. The first-order valence-electron chi connectivity index (χ1n) is 11.7. The number of nitrogens with zero attached hydrogens (tertiary/aromatic N) is 6. The Bertz CT molecular complexity index is 1290. The van der Waals surface area contributed by atoms with Crippen LogP contribution >= 0.6 is 0 Å². The summed E-state index contributed by atoms with van der Waals surface area (Å²) in [7, 11) is 5.96. The van der Waals surface area contributed by atoms with Crippen molar-refractivity contribution in [1.82, 2.24) is 29.3 Å². The Kier molecular flexibility index (Phi) is 6.97. The number of hydrogen-bond donors (Lipinski definition) is 0. The molecule has 0 bridgehead atoms. The molecule has 180 valence electrons. The van der Waals surface area contributed by atoms with Crippen LogP contribution in [0.2, 0.25) is 0 Å². The van der Waals surface area contributed by atoms with Crippen LogP contribution in [0.3, 0.4) is 0 Å². The van der Waals surface area contributed by atoms with E-state index in [-0.39, 0.29) is 5.82 Å². The number of fused-ring (bicyclic) bond motifs is 1. The lowest BCUT2D eigenvalue weighted by Crippen LogP contribution is -2.13. The largest absolute Gasteiger partial charge is 0.492 e. The second-order valence-electron chi connectivity index (χ2n) is 9.47. The first-order chi connectivity index (χ1) is 16.2. The zero-order valence-electron chi connectivity index (χ0n) is 20.8. The van der Waals surface area contributed by atoms with Crippen LogP contribution in [-0.2, 0) is 26.4 Å². The molecule has 0 unspecified atom stereocenters. The van der Waals surface area contributed by atoms with Crippen LogP contribution in [-0.4, -0.2) is 50.0 Å². The van der Waals surface area contributed by atoms with Gasteiger partial charge in [0.05, 0.1) is 18.8 Å². The molecule has 0 amide bonds. The van der Waals surface area contributed by atoms with Crippen LogP contribution in [0.1, 0.15) is 36.6 Å². The van der Waals surface area contributed by atoms with Gasteiger partial charge in [0, 0.05) is 42.6 Å². The lowest BCUT2D eigenvalue weighted by Gasteiger charge is -2.14. The maximum Gasteiger partial charge on any atom is 0.160 e. The first-order valence-corrected chi connectivity index (χ1v) is 11.7. The highest BCUT2D eigenvalue weighted by Crippen LogP contribution is 2.31. The standard InChI is InChI=1S/C26H33FN6O/c1-17(2)13-23-21(18(3)32(6)30-23)11-12-34-24-14-20(27)8-9-22(24)19-7-10-25-28-29-26(16-31(4)5)33(25)15-19/h7-10,14-15,17H,11-13,16H2,1-6H3. The fourth-order valence-corrected chi connectivity index (χ4v) is 4.20. The van der Waals surface area contributed by atoms with Crippen molar-refractivity contribution in [2.45, 2.75) is 40.2 Å². The Hall–Kier alpha value is -3.26. The Morgan fingerprint density at radius 3 is 2.65 bits per heavy atom. The molecule has 3 heterocycles. The number of aryl methyl sites for hydroxylation is 1. The zero-order valence-corrected chi connectivity index (χ0v) is 20.8. The number of aromatic nitrogens is 5. The number of pyridine rings is 1. The first kappa shape index (κ1) is 23.9. The molecule has 1 aromatic carbocycles. The third kappa shape index (κ3) is 5.12. The van der Waals surface area contributed by atoms with Gasteiger partial charge in [-0.15, -0.1) is 10.2 Å². The topological polar surface area (TPSA) is 60.5 Å². The summed E-state index contributed by atoms with van der Waals surface area (Å²) in [5, 5.41) is 13.2. The van der Waals surface area contributed by atoms with E-state index in [4.69, 9.17) is 9.84 Å². The van der Waals surface area contributed by atoms with E-state index in [1.165, 1.54) is 17.7 Å². The summed E-state index contributed by atoms with van der Waals surface area (Å²) in [6.45, 7) is 7.58. The highest BCUT2D eigenvalue weighted by atomic mass is 19.1. The molecule has 34 heavy (non-hydrogen) atoms. The summed E-state index contributed by atoms with van der Waals surface area (Å²) >= 11 is 0. The third-order valence-corrected chi connectivity index (χ3v) is 5.94. The summed E-state index contributed by atoms with van der Waals surface area (Å²) in [5.41, 5.74) is 6.00. The molecule has 0 aliphatic rings. The predicted octanol–water partition coefficient (Wildman–Crippen LogP) is 4.46. The molecule has 0 saturated heterocycles. The molecule has 8 heteroatoms. The maximum absolute atomic E-state index is 14.2. The second kappa shape index (κ2) is 9.93. The second-order valence-corrected chi connectivity index (χ2v) is 9.47. The van der Waals surface area contributed by atoms with Gasteiger partial charge in [-0.1, -0.05) is 13.8 Å². The summed E-state index contributed by atoms with van der Waals surface area (Å²) in [4.78, 5) is 2.05. The Labute approximate surface area is 200 Å². The average molecular weight is 465 g/mol. The van der Waals surface area contributed by atoms with Gasteiger partial charge in [0.1, 0.15) is 11.6 Å². The van der Waals surface area contributed by atoms with Gasteiger partial charge >= 0.3 is 0 Å². The number of halogens is 1. The van der Waals surface area contributed by atoms with E-state index in [1.54, 1.807) is 6.07 Å². The number of hydrogen-bond acceptors (Lipinski definition) is 5. The molecule has 0 spiro atoms. The monoisotopic (exact) mass is 464 g/mol. The van der Waals surface area contributed by atoms with Crippen molar-refractivity contribution in [3.63, 3.8) is 0 Å². The van der Waals surface area contributed by atoms with E-state index < -0.39 is 0 Å². The fourth-order valence-electron chi connectivity index (χ4n) is 4.20. The van der Waals surface area contributed by atoms with Gasteiger partial charge in [-0.05, 0) is 63.2 Å². The molecule has 0 fully saturated rings. The van der Waals surface area contributed by atoms with Gasteiger partial charge in [0.25, 0.3) is 0 Å². The lowest BCUT2D eigenvalue weighted by atomic mass is 10.0. The van der Waals surface area contributed by atoms with Crippen LogP contribution in [0.25, 0.3) is 16.8 Å². The third-order valence-electron chi connectivity index (χ3n) is 5.94. The van der Waals surface area contributed by atoms with Crippen molar-refractivity contribution >= 4 is 5.65 Å². The Morgan fingerprint density at radius 2 is 1.91 bits per heavy atom. The van der Waals surface area contributed by atoms with Crippen molar-refractivity contribution in [3.05, 3.63) is 65.1 Å². The molecule has 4 aromatic rings. The molecular formula is C26H33FN6O. The van der Waals surface area contributed by atoms with E-state index in [2.05, 4.69) is 31.0 Å². The van der Waals surface area contributed by atoms with Gasteiger partial charge in [-0.2, -0.15) is 5.10 Å². The molecule has 0 atom stereocenters. The fraction of sp³-hybridized carbons (Fsp3) is 0.423. The van der Waals surface area contributed by atoms with E-state index in [0.717, 1.165) is 46.8 Å². The molecule has 7 nitrogen and oxygen atoms in total. The van der Waals surface area contributed by atoms with Crippen LogP contribution in [0.15, 0.2) is 36.5 Å². The molecule has 0 saturated carbocycles. The summed E-state index contributed by atoms with van der Waals surface area (Å²) in [5.74, 6) is 1.56. The summed E-state index contributed by atoms with van der Waals surface area (Å²) in [6, 6.07) is 8.57. The van der Waals surface area contributed by atoms with Crippen LogP contribution < -0.4 is 4.74 Å². The number of ether oxygens (including phenoxy) is 1. The molecule has 3 aromatic heterocycles. The molecule has 0 radical (unpaired) electrons. The molecule has 4 rings (SSSR count). The van der Waals surface area contributed by atoms with Crippen molar-refractivity contribution < 1.29 is 9.13 Å². The predicted molar refractivity (Wildman–Crippen MR) is 131 cm³/mol. The van der Waals surface area contributed by atoms with Gasteiger partial charge in [-0.25, -0.2) is 4.39 Å². The summed E-state index contributed by atoms with van der Waals surface area (Å²) in [6.07, 6.45) is 3.63. The highest BCUT2D eigenvalue weighted by molar-refractivity contribution is 5.71. The van der Waals surface area contributed by atoms with Crippen LogP contribution in [0.5, 0.6) is 5.75 Å². The minimum atomic E-state index is -0.324. The van der Waals surface area contributed by atoms with Gasteiger partial charge < -0.3 is 9.64 Å². The smallest absolute Gasteiger partial charge is 0.160 e. The highest BCUT2D eigenvalue weighted by Gasteiger charge is 2.16. The van der Waals surface area contributed by atoms with Gasteiger partial charge in [0.2, 0.25) is 0 Å². The minimum absolute atomic E-state index is 0.324. The van der Waals surface area contributed by atoms with E-state index in [0.29, 0.717) is 24.8 Å². The summed E-state index contributed by atoms with van der Waals surface area (Å²) < 4.78 is 24.2. The zero-order chi connectivity index (χ0) is 24.4. The van der Waals surface area contributed by atoms with Crippen molar-refractivity contribution in [2.75, 3.05) is 20.7 Å². The molecule has 0 N–H and O–H groups in total. The average Bonchev–Trinajstić information content (AvgIpc) is 3.28. The molecule has 0 aliphatic carbocycles.